The number of nitrogens with zero attached hydrogens (tertiary/aromatic N) is 4. The summed E-state index contributed by atoms with van der Waals surface area (Å²) in [5, 5.41) is 11.3. The molecule has 0 saturated carbocycles. The zero-order valence-corrected chi connectivity index (χ0v) is 49.5. The van der Waals surface area contributed by atoms with Gasteiger partial charge < -0.3 is 23.1 Å². The number of furan rings is 3. The summed E-state index contributed by atoms with van der Waals surface area (Å²) in [6.45, 7) is 14.5. The van der Waals surface area contributed by atoms with Crippen molar-refractivity contribution >= 4 is 137 Å². The summed E-state index contributed by atoms with van der Waals surface area (Å²) in [6, 6.07) is 81.0. The number of anilines is 6. The topological polar surface area (TPSA) is 71.7 Å². The maximum atomic E-state index is 7.44. The van der Waals surface area contributed by atoms with Gasteiger partial charge in [0.05, 0.1) is 38.6 Å². The molecule has 17 rings (SSSR count). The van der Waals surface area contributed by atoms with Gasteiger partial charge in [0.1, 0.15) is 16.7 Å². The first kappa shape index (κ1) is 48.9. The maximum absolute atomic E-state index is 7.44. The molecule has 0 atom stereocenters. The lowest BCUT2D eigenvalue weighted by Crippen LogP contribution is -2.37. The molecule has 0 unspecified atom stereocenters. The third-order valence-electron chi connectivity index (χ3n) is 18.1. The van der Waals surface area contributed by atoms with Crippen LogP contribution in [0.4, 0.5) is 34.1 Å². The monoisotopic (exact) mass is 1120 g/mol. The number of pyridine rings is 2. The van der Waals surface area contributed by atoms with Crippen LogP contribution in [0.3, 0.4) is 0 Å². The SMILES string of the molecule is C[Si](C)(C)c1ccc(N(c2ccc3c(c2)oc2ncccc23)c2cc3c(c4ccccc24)-c2c(cc(N(c4ccc([Si](C)(C)C)cc4)c4ccc5c(c4)oc4ncccc45)c4oc5ccccc5c24)C32c3ccccc3-c3ccccc32)cc1. The molecule has 1 spiro atoms. The highest BCUT2D eigenvalue weighted by Crippen LogP contribution is 2.67. The number of hydrogen-bond donors (Lipinski definition) is 0. The summed E-state index contributed by atoms with van der Waals surface area (Å²) < 4.78 is 20.7. The molecule has 5 heterocycles. The number of benzene rings is 10. The van der Waals surface area contributed by atoms with Crippen LogP contribution in [-0.4, -0.2) is 26.1 Å². The van der Waals surface area contributed by atoms with Crippen LogP contribution in [-0.2, 0) is 5.41 Å². The average Bonchev–Trinajstić information content (AvgIpc) is 1.51. The second kappa shape index (κ2) is 17.6. The van der Waals surface area contributed by atoms with Gasteiger partial charge in [0, 0.05) is 79.3 Å². The lowest BCUT2D eigenvalue weighted by atomic mass is 9.70. The predicted molar refractivity (Wildman–Crippen MR) is 353 cm³/mol. The van der Waals surface area contributed by atoms with Gasteiger partial charge >= 0.3 is 0 Å². The van der Waals surface area contributed by atoms with Crippen molar-refractivity contribution in [2.45, 2.75) is 44.7 Å². The quantitative estimate of drug-likeness (QED) is 0.140. The Morgan fingerprint density at radius 2 is 0.798 bits per heavy atom. The Balaban J connectivity index is 1.01. The van der Waals surface area contributed by atoms with E-state index in [0.29, 0.717) is 11.4 Å². The molecular weight excluding hydrogens is 1060 g/mol. The summed E-state index contributed by atoms with van der Waals surface area (Å²) in [5.41, 5.74) is 19.4. The number of fused-ring (bicyclic) bond motifs is 22. The minimum Gasteiger partial charge on any atom is -0.454 e. The van der Waals surface area contributed by atoms with Gasteiger partial charge in [-0.3, -0.25) is 0 Å². The first-order valence-corrected chi connectivity index (χ1v) is 36.0. The number of aromatic nitrogens is 2. The molecule has 0 amide bonds. The smallest absolute Gasteiger partial charge is 0.227 e. The van der Waals surface area contributed by atoms with Crippen molar-refractivity contribution in [2.75, 3.05) is 9.80 Å². The fraction of sp³-hybridized carbons (Fsp3) is 0.0933. The highest BCUT2D eigenvalue weighted by atomic mass is 28.3. The van der Waals surface area contributed by atoms with Crippen LogP contribution in [0.1, 0.15) is 22.3 Å². The molecule has 10 aromatic carbocycles. The minimum atomic E-state index is -1.69. The van der Waals surface area contributed by atoms with Crippen molar-refractivity contribution in [3.8, 4) is 22.3 Å². The standard InChI is InChI=1S/C75H56N4O3Si2/c1-83(2,3)49-33-27-45(28-34-49)78(47-31-37-54-57-22-15-39-76-73(57)81-67(54)41-47)64-43-62-69(56-20-8-7-19-53(56)64)71-63(75(62)60-24-12-9-17-51(60)52-18-10-13-25-61(52)75)44-65(72-70(71)59-21-11-14-26-66(59)80-72)79(46-29-35-50(36-30-46)84(4,5)6)48-32-38-55-58-23-16-40-77-74(58)82-68(55)42-48/h7-44H,1-6H3. The third-order valence-corrected chi connectivity index (χ3v) is 22.2. The summed E-state index contributed by atoms with van der Waals surface area (Å²) in [4.78, 5) is 14.2. The molecule has 0 saturated heterocycles. The van der Waals surface area contributed by atoms with E-state index in [1.807, 2.05) is 12.1 Å². The second-order valence-corrected chi connectivity index (χ2v) is 35.0. The van der Waals surface area contributed by atoms with Gasteiger partial charge in [-0.05, 0) is 141 Å². The Morgan fingerprint density at radius 1 is 0.345 bits per heavy atom. The van der Waals surface area contributed by atoms with Crippen LogP contribution in [0, 0.1) is 0 Å². The Labute approximate surface area is 487 Å². The molecule has 2 aliphatic rings. The molecule has 0 aliphatic heterocycles. The largest absolute Gasteiger partial charge is 0.454 e. The zero-order valence-electron chi connectivity index (χ0n) is 47.5. The van der Waals surface area contributed by atoms with E-state index in [1.165, 1.54) is 54.9 Å². The van der Waals surface area contributed by atoms with E-state index < -0.39 is 21.6 Å². The van der Waals surface area contributed by atoms with Crippen molar-refractivity contribution in [3.63, 3.8) is 0 Å². The van der Waals surface area contributed by atoms with E-state index in [4.69, 9.17) is 13.3 Å². The molecular formula is C75H56N4O3Si2. The third kappa shape index (κ3) is 6.91. The molecule has 0 bridgehead atoms. The molecule has 2 aliphatic carbocycles. The summed E-state index contributed by atoms with van der Waals surface area (Å²) in [6.07, 6.45) is 3.59. The van der Waals surface area contributed by atoms with Crippen LogP contribution in [0.15, 0.2) is 244 Å². The van der Waals surface area contributed by atoms with Crippen molar-refractivity contribution in [3.05, 3.63) is 253 Å². The lowest BCUT2D eigenvalue weighted by Gasteiger charge is -2.34. The fourth-order valence-electron chi connectivity index (χ4n) is 14.2. The van der Waals surface area contributed by atoms with Crippen LogP contribution in [0.5, 0.6) is 0 Å². The Bertz CT molecular complexity index is 5210. The van der Waals surface area contributed by atoms with Crippen LogP contribution < -0.4 is 20.2 Å². The molecule has 402 valence electrons. The highest BCUT2D eigenvalue weighted by molar-refractivity contribution is 6.89. The van der Waals surface area contributed by atoms with Crippen LogP contribution >= 0.6 is 0 Å². The van der Waals surface area contributed by atoms with E-state index >= 15 is 0 Å². The molecule has 84 heavy (non-hydrogen) atoms. The Morgan fingerprint density at radius 3 is 1.36 bits per heavy atom. The lowest BCUT2D eigenvalue weighted by molar-refractivity contribution is 0.653. The van der Waals surface area contributed by atoms with E-state index in [1.54, 1.807) is 12.4 Å². The highest BCUT2D eigenvalue weighted by Gasteiger charge is 2.54. The number of rotatable bonds is 8. The zero-order chi connectivity index (χ0) is 56.4. The van der Waals surface area contributed by atoms with Gasteiger partial charge in [-0.25, -0.2) is 9.97 Å². The van der Waals surface area contributed by atoms with E-state index in [9.17, 15) is 0 Å². The summed E-state index contributed by atoms with van der Waals surface area (Å²) in [7, 11) is -3.36. The number of hydrogen-bond acceptors (Lipinski definition) is 7. The average molecular weight is 1120 g/mol. The second-order valence-electron chi connectivity index (χ2n) is 24.9. The van der Waals surface area contributed by atoms with Crippen molar-refractivity contribution in [1.29, 1.82) is 0 Å². The van der Waals surface area contributed by atoms with E-state index in [2.05, 4.69) is 265 Å². The predicted octanol–water partition coefficient (Wildman–Crippen LogP) is 19.7. The first-order chi connectivity index (χ1) is 40.9. The van der Waals surface area contributed by atoms with Gasteiger partial charge in [-0.2, -0.15) is 0 Å². The molecule has 15 aromatic rings. The van der Waals surface area contributed by atoms with Crippen molar-refractivity contribution in [1.82, 2.24) is 9.97 Å². The van der Waals surface area contributed by atoms with Gasteiger partial charge in [-0.15, -0.1) is 0 Å². The maximum Gasteiger partial charge on any atom is 0.227 e. The molecule has 0 fully saturated rings. The Kier molecular flexibility index (Phi) is 10.2. The molecule has 0 radical (unpaired) electrons. The summed E-state index contributed by atoms with van der Waals surface area (Å²) in [5.74, 6) is 0. The molecule has 5 aromatic heterocycles. The van der Waals surface area contributed by atoms with Crippen LogP contribution in [0.25, 0.3) is 99.1 Å². The van der Waals surface area contributed by atoms with Gasteiger partial charge in [0.2, 0.25) is 11.4 Å². The molecule has 9 heteroatoms. The van der Waals surface area contributed by atoms with Crippen LogP contribution in [0.2, 0.25) is 39.3 Å². The fourth-order valence-corrected chi connectivity index (χ4v) is 16.6. The van der Waals surface area contributed by atoms with Gasteiger partial charge in [0.15, 0.2) is 5.58 Å². The summed E-state index contributed by atoms with van der Waals surface area (Å²) >= 11 is 0. The van der Waals surface area contributed by atoms with Crippen molar-refractivity contribution < 1.29 is 13.3 Å². The van der Waals surface area contributed by atoms with Gasteiger partial charge in [-0.1, -0.05) is 165 Å². The normalized spacial score (nSPS) is 13.5. The molecule has 0 N–H and O–H groups in total. The van der Waals surface area contributed by atoms with Gasteiger partial charge in [0.25, 0.3) is 0 Å². The number of para-hydroxylation sites is 1. The first-order valence-electron chi connectivity index (χ1n) is 29.0. The van der Waals surface area contributed by atoms with E-state index in [0.717, 1.165) is 99.5 Å². The van der Waals surface area contributed by atoms with Crippen molar-refractivity contribution in [2.24, 2.45) is 0 Å². The minimum absolute atomic E-state index is 0.618. The molecule has 7 nitrogen and oxygen atoms in total. The Hall–Kier alpha value is -9.81. The van der Waals surface area contributed by atoms with E-state index in [-0.39, 0.29) is 0 Å².